The Hall–Kier alpha value is -6.40. The highest BCUT2D eigenvalue weighted by molar-refractivity contribution is 6.14. The van der Waals surface area contributed by atoms with Crippen LogP contribution in [0.4, 0.5) is 0 Å². The van der Waals surface area contributed by atoms with Crippen LogP contribution in [0.25, 0.3) is 84.2 Å². The topological polar surface area (TPSA) is 69.6 Å². The van der Waals surface area contributed by atoms with E-state index in [1.807, 2.05) is 103 Å². The van der Waals surface area contributed by atoms with Crippen molar-refractivity contribution in [1.29, 1.82) is 0 Å². The van der Waals surface area contributed by atoms with E-state index in [-0.39, 0.29) is 0 Å². The molecular weight excluding hydrogens is 566 g/mol. The molecule has 9 rings (SSSR count). The molecule has 0 N–H and O–H groups in total. The summed E-state index contributed by atoms with van der Waals surface area (Å²) in [5.41, 5.74) is 8.05. The predicted octanol–water partition coefficient (Wildman–Crippen LogP) is 9.78. The van der Waals surface area contributed by atoms with Gasteiger partial charge in [0.25, 0.3) is 0 Å². The van der Waals surface area contributed by atoms with Crippen molar-refractivity contribution in [2.24, 2.45) is 0 Å². The van der Waals surface area contributed by atoms with E-state index in [0.717, 1.165) is 61.2 Å². The molecule has 9 aromatic rings. The number of aromatic nitrogens is 5. The molecule has 0 aliphatic carbocycles. The summed E-state index contributed by atoms with van der Waals surface area (Å²) in [6.45, 7) is 0. The summed E-state index contributed by atoms with van der Waals surface area (Å²) in [5, 5.41) is 1.98. The molecule has 0 fully saturated rings. The van der Waals surface area contributed by atoms with Crippen LogP contribution in [0.5, 0.6) is 0 Å². The highest BCUT2D eigenvalue weighted by Gasteiger charge is 2.23. The van der Waals surface area contributed by atoms with E-state index in [0.29, 0.717) is 23.1 Å². The van der Waals surface area contributed by atoms with Crippen molar-refractivity contribution in [2.75, 3.05) is 0 Å². The van der Waals surface area contributed by atoms with Crippen LogP contribution >= 0.6 is 0 Å². The van der Waals surface area contributed by atoms with E-state index in [1.54, 1.807) is 0 Å². The third-order valence-corrected chi connectivity index (χ3v) is 8.28. The Morgan fingerprint density at radius 2 is 1.02 bits per heavy atom. The standard InChI is InChI=1S/C40H25N5O/c1-4-14-26(15-5-1)37-42-38(27-16-6-2-7-17-27)44-39(43-37)30-24-25-33(35-29-20-10-13-23-34(29)46-36(30)35)45-32-22-12-11-21-31(32)41-40(45)28-18-8-3-9-19-28/h1-25H. The van der Waals surface area contributed by atoms with Gasteiger partial charge in [0.15, 0.2) is 17.5 Å². The molecule has 3 aromatic heterocycles. The SMILES string of the molecule is c1ccc(-c2nc(-c3ccccc3)nc(-c3ccc(-n4c(-c5ccccc5)nc5ccccc54)c4c3oc3ccccc34)n2)cc1. The fraction of sp³-hybridized carbons (Fsp3) is 0. The molecule has 0 radical (unpaired) electrons. The lowest BCUT2D eigenvalue weighted by Crippen LogP contribution is -2.02. The number of hydrogen-bond donors (Lipinski definition) is 0. The van der Waals surface area contributed by atoms with E-state index >= 15 is 0 Å². The van der Waals surface area contributed by atoms with Gasteiger partial charge in [-0.3, -0.25) is 4.57 Å². The van der Waals surface area contributed by atoms with Gasteiger partial charge >= 0.3 is 0 Å². The number of furan rings is 1. The molecule has 0 unspecified atom stereocenters. The van der Waals surface area contributed by atoms with E-state index in [2.05, 4.69) is 53.1 Å². The Morgan fingerprint density at radius 3 is 1.72 bits per heavy atom. The molecule has 0 saturated carbocycles. The van der Waals surface area contributed by atoms with E-state index in [4.69, 9.17) is 24.4 Å². The largest absolute Gasteiger partial charge is 0.455 e. The smallest absolute Gasteiger partial charge is 0.167 e. The van der Waals surface area contributed by atoms with Crippen molar-refractivity contribution >= 4 is 33.0 Å². The zero-order chi connectivity index (χ0) is 30.5. The van der Waals surface area contributed by atoms with Gasteiger partial charge in [-0.25, -0.2) is 19.9 Å². The maximum Gasteiger partial charge on any atom is 0.167 e. The lowest BCUT2D eigenvalue weighted by molar-refractivity contribution is 0.669. The molecule has 0 bridgehead atoms. The maximum atomic E-state index is 6.69. The molecule has 6 heteroatoms. The highest BCUT2D eigenvalue weighted by atomic mass is 16.3. The summed E-state index contributed by atoms with van der Waals surface area (Å²) in [5.74, 6) is 2.61. The summed E-state index contributed by atoms with van der Waals surface area (Å²) in [6, 6.07) is 50.9. The average Bonchev–Trinajstić information content (AvgIpc) is 3.72. The van der Waals surface area contributed by atoms with Gasteiger partial charge < -0.3 is 4.42 Å². The summed E-state index contributed by atoms with van der Waals surface area (Å²) in [4.78, 5) is 20.0. The van der Waals surface area contributed by atoms with Gasteiger partial charge in [-0.15, -0.1) is 0 Å². The molecule has 6 aromatic carbocycles. The van der Waals surface area contributed by atoms with E-state index in [1.165, 1.54) is 0 Å². The monoisotopic (exact) mass is 591 g/mol. The number of rotatable bonds is 5. The summed E-state index contributed by atoms with van der Waals surface area (Å²) in [6.07, 6.45) is 0. The van der Waals surface area contributed by atoms with Gasteiger partial charge in [0.1, 0.15) is 17.0 Å². The molecule has 0 aliphatic heterocycles. The van der Waals surface area contributed by atoms with Crippen LogP contribution in [0.2, 0.25) is 0 Å². The normalized spacial score (nSPS) is 11.5. The van der Waals surface area contributed by atoms with Crippen molar-refractivity contribution in [3.05, 3.63) is 152 Å². The van der Waals surface area contributed by atoms with Crippen LogP contribution in [0.3, 0.4) is 0 Å². The number of fused-ring (bicyclic) bond motifs is 4. The molecule has 0 aliphatic rings. The van der Waals surface area contributed by atoms with Crippen molar-refractivity contribution in [2.45, 2.75) is 0 Å². The predicted molar refractivity (Wildman–Crippen MR) is 183 cm³/mol. The fourth-order valence-electron chi connectivity index (χ4n) is 6.15. The lowest BCUT2D eigenvalue weighted by Gasteiger charge is -2.13. The van der Waals surface area contributed by atoms with E-state index in [9.17, 15) is 0 Å². The van der Waals surface area contributed by atoms with Crippen LogP contribution in [-0.2, 0) is 0 Å². The van der Waals surface area contributed by atoms with Crippen LogP contribution in [0.15, 0.2) is 156 Å². The van der Waals surface area contributed by atoms with Crippen LogP contribution in [0, 0.1) is 0 Å². The Balaban J connectivity index is 1.35. The fourth-order valence-corrected chi connectivity index (χ4v) is 6.15. The maximum absolute atomic E-state index is 6.69. The summed E-state index contributed by atoms with van der Waals surface area (Å²) < 4.78 is 8.92. The summed E-state index contributed by atoms with van der Waals surface area (Å²) >= 11 is 0. The molecular formula is C40H25N5O. The number of imidazole rings is 1. The second-order valence-corrected chi connectivity index (χ2v) is 11.1. The van der Waals surface area contributed by atoms with Crippen molar-refractivity contribution in [3.63, 3.8) is 0 Å². The molecule has 0 atom stereocenters. The molecule has 46 heavy (non-hydrogen) atoms. The minimum atomic E-state index is 0.544. The van der Waals surface area contributed by atoms with Gasteiger partial charge in [-0.05, 0) is 30.3 Å². The number of hydrogen-bond acceptors (Lipinski definition) is 5. The quantitative estimate of drug-likeness (QED) is 0.199. The Bertz CT molecular complexity index is 2460. The van der Waals surface area contributed by atoms with Gasteiger partial charge in [0.2, 0.25) is 0 Å². The van der Waals surface area contributed by atoms with Crippen molar-refractivity contribution in [3.8, 4) is 51.2 Å². The molecule has 6 nitrogen and oxygen atoms in total. The zero-order valence-electron chi connectivity index (χ0n) is 24.6. The lowest BCUT2D eigenvalue weighted by atomic mass is 10.0. The van der Waals surface area contributed by atoms with Crippen LogP contribution in [-0.4, -0.2) is 24.5 Å². The van der Waals surface area contributed by atoms with E-state index < -0.39 is 0 Å². The first kappa shape index (κ1) is 26.0. The number of benzene rings is 6. The Kier molecular flexibility index (Phi) is 6.03. The summed E-state index contributed by atoms with van der Waals surface area (Å²) in [7, 11) is 0. The second kappa shape index (κ2) is 10.6. The first-order valence-electron chi connectivity index (χ1n) is 15.2. The molecule has 0 spiro atoms. The minimum absolute atomic E-state index is 0.544. The van der Waals surface area contributed by atoms with Gasteiger partial charge in [-0.2, -0.15) is 0 Å². The van der Waals surface area contributed by atoms with Gasteiger partial charge in [-0.1, -0.05) is 121 Å². The van der Waals surface area contributed by atoms with Crippen LogP contribution < -0.4 is 0 Å². The highest BCUT2D eigenvalue weighted by Crippen LogP contribution is 2.41. The number of nitrogens with zero attached hydrogens (tertiary/aromatic N) is 5. The molecule has 3 heterocycles. The van der Waals surface area contributed by atoms with Gasteiger partial charge in [0, 0.05) is 22.1 Å². The minimum Gasteiger partial charge on any atom is -0.455 e. The molecule has 0 saturated heterocycles. The first-order chi connectivity index (χ1) is 22.8. The van der Waals surface area contributed by atoms with Crippen molar-refractivity contribution < 1.29 is 4.42 Å². The average molecular weight is 592 g/mol. The Labute approximate surface area is 264 Å². The van der Waals surface area contributed by atoms with Crippen LogP contribution in [0.1, 0.15) is 0 Å². The van der Waals surface area contributed by atoms with Crippen molar-refractivity contribution in [1.82, 2.24) is 24.5 Å². The molecule has 216 valence electrons. The third kappa shape index (κ3) is 4.27. The molecule has 0 amide bonds. The third-order valence-electron chi connectivity index (χ3n) is 8.28. The van der Waals surface area contributed by atoms with Gasteiger partial charge in [0.05, 0.1) is 27.7 Å². The zero-order valence-corrected chi connectivity index (χ0v) is 24.6. The Morgan fingerprint density at radius 1 is 0.457 bits per heavy atom. The number of para-hydroxylation sites is 3. The first-order valence-corrected chi connectivity index (χ1v) is 15.2. The second-order valence-electron chi connectivity index (χ2n) is 11.1.